The van der Waals surface area contributed by atoms with Gasteiger partial charge in [-0.2, -0.15) is 0 Å². The van der Waals surface area contributed by atoms with Gasteiger partial charge in [0.05, 0.1) is 0 Å². The highest BCUT2D eigenvalue weighted by Crippen LogP contribution is 2.29. The van der Waals surface area contributed by atoms with Crippen LogP contribution in [0.15, 0.2) is 22.7 Å². The van der Waals surface area contributed by atoms with Crippen molar-refractivity contribution in [1.82, 2.24) is 5.32 Å². The van der Waals surface area contributed by atoms with Crippen LogP contribution in [0.5, 0.6) is 0 Å². The standard InChI is InChI=1S/C15H20BrNO/c1-10-3-4-12(5-10)9-17-15(18)13-6-11(2)7-14(16)8-13/h6-8,10,12H,3-5,9H2,1-2H3,(H,17,18). The zero-order valence-corrected chi connectivity index (χ0v) is 12.6. The Hall–Kier alpha value is -0.830. The molecule has 1 aromatic carbocycles. The van der Waals surface area contributed by atoms with Crippen molar-refractivity contribution in [2.75, 3.05) is 6.54 Å². The van der Waals surface area contributed by atoms with Crippen LogP contribution in [0.25, 0.3) is 0 Å². The Morgan fingerprint density at radius 2 is 2.17 bits per heavy atom. The summed E-state index contributed by atoms with van der Waals surface area (Å²) in [6.45, 7) is 5.11. The number of aryl methyl sites for hydroxylation is 1. The molecule has 1 amide bonds. The van der Waals surface area contributed by atoms with E-state index in [0.29, 0.717) is 5.92 Å². The van der Waals surface area contributed by atoms with Gasteiger partial charge < -0.3 is 5.32 Å². The second-order valence-corrected chi connectivity index (χ2v) is 6.43. The Morgan fingerprint density at radius 3 is 2.78 bits per heavy atom. The molecule has 2 atom stereocenters. The smallest absolute Gasteiger partial charge is 0.251 e. The highest BCUT2D eigenvalue weighted by atomic mass is 79.9. The Bertz CT molecular complexity index is 424. The van der Waals surface area contributed by atoms with E-state index in [9.17, 15) is 4.79 Å². The van der Waals surface area contributed by atoms with E-state index in [0.717, 1.165) is 28.1 Å². The zero-order chi connectivity index (χ0) is 13.1. The molecule has 0 aliphatic heterocycles. The van der Waals surface area contributed by atoms with Gasteiger partial charge in [0.15, 0.2) is 0 Å². The topological polar surface area (TPSA) is 29.1 Å². The Labute approximate surface area is 117 Å². The fourth-order valence-electron chi connectivity index (χ4n) is 2.72. The summed E-state index contributed by atoms with van der Waals surface area (Å²) in [5, 5.41) is 3.06. The predicted octanol–water partition coefficient (Wildman–Crippen LogP) is 3.92. The Kier molecular flexibility index (Phi) is 4.44. The molecule has 1 saturated carbocycles. The molecule has 0 saturated heterocycles. The molecule has 3 heteroatoms. The van der Waals surface area contributed by atoms with E-state index < -0.39 is 0 Å². The van der Waals surface area contributed by atoms with Gasteiger partial charge in [-0.1, -0.05) is 29.3 Å². The summed E-state index contributed by atoms with van der Waals surface area (Å²) in [6.07, 6.45) is 3.80. The van der Waals surface area contributed by atoms with Crippen LogP contribution < -0.4 is 5.32 Å². The maximum atomic E-state index is 12.1. The Balaban J connectivity index is 1.91. The van der Waals surface area contributed by atoms with Gasteiger partial charge >= 0.3 is 0 Å². The summed E-state index contributed by atoms with van der Waals surface area (Å²) in [5.41, 5.74) is 1.84. The normalized spacial score (nSPS) is 23.1. The van der Waals surface area contributed by atoms with Gasteiger partial charge in [-0.25, -0.2) is 0 Å². The number of carbonyl (C=O) groups is 1. The van der Waals surface area contributed by atoms with E-state index in [1.807, 2.05) is 25.1 Å². The molecule has 1 aliphatic rings. The molecule has 2 nitrogen and oxygen atoms in total. The fraction of sp³-hybridized carbons (Fsp3) is 0.533. The number of amides is 1. The quantitative estimate of drug-likeness (QED) is 0.900. The van der Waals surface area contributed by atoms with E-state index in [-0.39, 0.29) is 5.91 Å². The van der Waals surface area contributed by atoms with Gasteiger partial charge in [-0.15, -0.1) is 0 Å². The first-order valence-electron chi connectivity index (χ1n) is 6.60. The molecule has 1 fully saturated rings. The largest absolute Gasteiger partial charge is 0.352 e. The van der Waals surface area contributed by atoms with Crippen molar-refractivity contribution in [3.63, 3.8) is 0 Å². The van der Waals surface area contributed by atoms with Crippen molar-refractivity contribution in [2.24, 2.45) is 11.8 Å². The third-order valence-electron chi connectivity index (χ3n) is 3.66. The molecule has 0 spiro atoms. The van der Waals surface area contributed by atoms with Gasteiger partial charge in [-0.05, 0) is 55.4 Å². The Morgan fingerprint density at radius 1 is 1.39 bits per heavy atom. The van der Waals surface area contributed by atoms with Crippen LogP contribution in [0.2, 0.25) is 0 Å². The minimum Gasteiger partial charge on any atom is -0.352 e. The summed E-state index contributed by atoms with van der Waals surface area (Å²) in [7, 11) is 0. The van der Waals surface area contributed by atoms with E-state index in [4.69, 9.17) is 0 Å². The maximum Gasteiger partial charge on any atom is 0.251 e. The summed E-state index contributed by atoms with van der Waals surface area (Å²) >= 11 is 3.43. The summed E-state index contributed by atoms with van der Waals surface area (Å²) in [5.74, 6) is 1.52. The summed E-state index contributed by atoms with van der Waals surface area (Å²) in [4.78, 5) is 12.1. The van der Waals surface area contributed by atoms with Gasteiger partial charge in [0.2, 0.25) is 0 Å². The number of benzene rings is 1. The molecule has 0 bridgehead atoms. The first kappa shape index (κ1) is 13.6. The molecule has 0 radical (unpaired) electrons. The lowest BCUT2D eigenvalue weighted by Gasteiger charge is -2.11. The van der Waals surface area contributed by atoms with Crippen molar-refractivity contribution >= 4 is 21.8 Å². The van der Waals surface area contributed by atoms with E-state index in [1.54, 1.807) is 0 Å². The van der Waals surface area contributed by atoms with Gasteiger partial charge in [0.1, 0.15) is 0 Å². The minimum atomic E-state index is 0.0407. The van der Waals surface area contributed by atoms with Crippen LogP contribution in [0, 0.1) is 18.8 Å². The monoisotopic (exact) mass is 309 g/mol. The molecular formula is C15H20BrNO. The van der Waals surface area contributed by atoms with Crippen molar-refractivity contribution < 1.29 is 4.79 Å². The lowest BCUT2D eigenvalue weighted by atomic mass is 10.1. The first-order valence-corrected chi connectivity index (χ1v) is 7.39. The lowest BCUT2D eigenvalue weighted by molar-refractivity contribution is 0.0947. The molecule has 0 heterocycles. The molecule has 1 aliphatic carbocycles. The number of halogens is 1. The van der Waals surface area contributed by atoms with Gasteiger partial charge in [-0.3, -0.25) is 4.79 Å². The van der Waals surface area contributed by atoms with E-state index in [2.05, 4.69) is 28.2 Å². The van der Waals surface area contributed by atoms with Gasteiger partial charge in [0.25, 0.3) is 5.91 Å². The number of carbonyl (C=O) groups excluding carboxylic acids is 1. The molecule has 0 aromatic heterocycles. The first-order chi connectivity index (χ1) is 8.54. The van der Waals surface area contributed by atoms with E-state index >= 15 is 0 Å². The van der Waals surface area contributed by atoms with Crippen molar-refractivity contribution in [3.8, 4) is 0 Å². The van der Waals surface area contributed by atoms with Crippen LogP contribution in [-0.2, 0) is 0 Å². The highest BCUT2D eigenvalue weighted by molar-refractivity contribution is 9.10. The molecule has 2 unspecified atom stereocenters. The average Bonchev–Trinajstić information content (AvgIpc) is 2.70. The van der Waals surface area contributed by atoms with Crippen LogP contribution in [-0.4, -0.2) is 12.5 Å². The van der Waals surface area contributed by atoms with Crippen LogP contribution in [0.1, 0.15) is 42.1 Å². The third kappa shape index (κ3) is 3.58. The predicted molar refractivity (Wildman–Crippen MR) is 77.7 cm³/mol. The van der Waals surface area contributed by atoms with Crippen molar-refractivity contribution in [2.45, 2.75) is 33.1 Å². The highest BCUT2D eigenvalue weighted by Gasteiger charge is 2.21. The lowest BCUT2D eigenvalue weighted by Crippen LogP contribution is -2.28. The fourth-order valence-corrected chi connectivity index (χ4v) is 3.32. The van der Waals surface area contributed by atoms with Crippen molar-refractivity contribution in [1.29, 1.82) is 0 Å². The van der Waals surface area contributed by atoms with Crippen LogP contribution in [0.4, 0.5) is 0 Å². The second kappa shape index (κ2) is 5.87. The molecule has 98 valence electrons. The van der Waals surface area contributed by atoms with E-state index in [1.165, 1.54) is 19.3 Å². The summed E-state index contributed by atoms with van der Waals surface area (Å²) in [6, 6.07) is 5.81. The molecular weight excluding hydrogens is 290 g/mol. The summed E-state index contributed by atoms with van der Waals surface area (Å²) < 4.78 is 0.960. The van der Waals surface area contributed by atoms with Crippen LogP contribution in [0.3, 0.4) is 0 Å². The SMILES string of the molecule is Cc1cc(Br)cc(C(=O)NCC2CCC(C)C2)c1. The molecule has 1 aromatic rings. The molecule has 1 N–H and O–H groups in total. The second-order valence-electron chi connectivity index (χ2n) is 5.51. The maximum absolute atomic E-state index is 12.1. The van der Waals surface area contributed by atoms with Gasteiger partial charge in [0, 0.05) is 16.6 Å². The number of hydrogen-bond donors (Lipinski definition) is 1. The zero-order valence-electron chi connectivity index (χ0n) is 11.0. The number of hydrogen-bond acceptors (Lipinski definition) is 1. The number of rotatable bonds is 3. The average molecular weight is 310 g/mol. The molecule has 18 heavy (non-hydrogen) atoms. The van der Waals surface area contributed by atoms with Crippen molar-refractivity contribution in [3.05, 3.63) is 33.8 Å². The third-order valence-corrected chi connectivity index (χ3v) is 4.12. The van der Waals surface area contributed by atoms with Crippen LogP contribution >= 0.6 is 15.9 Å². The molecule has 2 rings (SSSR count). The number of nitrogens with one attached hydrogen (secondary N) is 1. The minimum absolute atomic E-state index is 0.0407.